The molecule has 0 bridgehead atoms. The molecule has 1 N–H and O–H groups in total. The summed E-state index contributed by atoms with van der Waals surface area (Å²) in [5.41, 5.74) is 3.27. The fourth-order valence-corrected chi connectivity index (χ4v) is 1.66. The van der Waals surface area contributed by atoms with E-state index in [9.17, 15) is 5.11 Å². The summed E-state index contributed by atoms with van der Waals surface area (Å²) in [5.74, 6) is 0.285. The Morgan fingerprint density at radius 1 is 1.27 bits per heavy atom. The molecule has 1 heterocycles. The molecule has 0 saturated carbocycles. The first-order valence-electron chi connectivity index (χ1n) is 5.02. The van der Waals surface area contributed by atoms with Gasteiger partial charge >= 0.3 is 0 Å². The maximum absolute atomic E-state index is 9.21. The van der Waals surface area contributed by atoms with Gasteiger partial charge in [0.25, 0.3) is 0 Å². The first kappa shape index (κ1) is 9.77. The van der Waals surface area contributed by atoms with E-state index in [0.717, 1.165) is 17.7 Å². The molecule has 0 radical (unpaired) electrons. The fraction of sp³-hybridized carbons (Fsp3) is 0.250. The van der Waals surface area contributed by atoms with Crippen molar-refractivity contribution < 1.29 is 5.11 Å². The van der Waals surface area contributed by atoms with Crippen molar-refractivity contribution in [2.45, 2.75) is 13.3 Å². The third-order valence-corrected chi connectivity index (χ3v) is 2.43. The van der Waals surface area contributed by atoms with Crippen LogP contribution in [0.5, 0.6) is 5.75 Å². The van der Waals surface area contributed by atoms with E-state index in [1.165, 1.54) is 5.56 Å². The Hall–Kier alpha value is -1.77. The summed E-state index contributed by atoms with van der Waals surface area (Å²) in [5, 5.41) is 13.6. The van der Waals surface area contributed by atoms with Crippen molar-refractivity contribution >= 4 is 0 Å². The number of aromatic nitrogens is 2. The zero-order valence-corrected chi connectivity index (χ0v) is 8.94. The minimum atomic E-state index is 0.285. The molecular weight excluding hydrogens is 188 g/mol. The first-order chi connectivity index (χ1) is 7.20. The van der Waals surface area contributed by atoms with E-state index in [4.69, 9.17) is 0 Å². The van der Waals surface area contributed by atoms with Crippen molar-refractivity contribution in [1.82, 2.24) is 9.78 Å². The van der Waals surface area contributed by atoms with E-state index in [-0.39, 0.29) is 5.75 Å². The van der Waals surface area contributed by atoms with Crippen molar-refractivity contribution in [3.05, 3.63) is 36.0 Å². The van der Waals surface area contributed by atoms with Gasteiger partial charge in [0.2, 0.25) is 0 Å². The Morgan fingerprint density at radius 2 is 1.93 bits per heavy atom. The Kier molecular flexibility index (Phi) is 2.46. The summed E-state index contributed by atoms with van der Waals surface area (Å²) in [4.78, 5) is 0. The van der Waals surface area contributed by atoms with Gasteiger partial charge in [-0.2, -0.15) is 5.10 Å². The topological polar surface area (TPSA) is 38.0 Å². The average Bonchev–Trinajstić information content (AvgIpc) is 2.61. The number of aryl methyl sites for hydroxylation is 2. The van der Waals surface area contributed by atoms with Crippen LogP contribution in [0.3, 0.4) is 0 Å². The van der Waals surface area contributed by atoms with Gasteiger partial charge in [0, 0.05) is 18.8 Å². The lowest BCUT2D eigenvalue weighted by molar-refractivity contribution is 0.475. The SMILES string of the molecule is CCc1cn(C)nc1-c1ccc(O)cc1. The van der Waals surface area contributed by atoms with Crippen molar-refractivity contribution in [3.8, 4) is 17.0 Å². The van der Waals surface area contributed by atoms with Crippen LogP contribution in [0, 0.1) is 0 Å². The van der Waals surface area contributed by atoms with Gasteiger partial charge in [-0.25, -0.2) is 0 Å². The number of phenolic OH excluding ortho intramolecular Hbond substituents is 1. The third-order valence-electron chi connectivity index (χ3n) is 2.43. The number of aromatic hydroxyl groups is 1. The third kappa shape index (κ3) is 1.86. The van der Waals surface area contributed by atoms with Crippen LogP contribution in [0.4, 0.5) is 0 Å². The maximum Gasteiger partial charge on any atom is 0.115 e. The quantitative estimate of drug-likeness (QED) is 0.811. The number of nitrogens with zero attached hydrogens (tertiary/aromatic N) is 2. The molecule has 0 aliphatic carbocycles. The summed E-state index contributed by atoms with van der Waals surface area (Å²) in [6.45, 7) is 2.11. The molecule has 0 aliphatic heterocycles. The Labute approximate surface area is 89.0 Å². The van der Waals surface area contributed by atoms with Crippen LogP contribution in [0.15, 0.2) is 30.5 Å². The van der Waals surface area contributed by atoms with Gasteiger partial charge in [-0.05, 0) is 36.2 Å². The van der Waals surface area contributed by atoms with Gasteiger partial charge in [-0.3, -0.25) is 4.68 Å². The zero-order chi connectivity index (χ0) is 10.8. The number of rotatable bonds is 2. The molecule has 0 saturated heterocycles. The minimum absolute atomic E-state index is 0.285. The molecule has 78 valence electrons. The van der Waals surface area contributed by atoms with E-state index in [2.05, 4.69) is 12.0 Å². The minimum Gasteiger partial charge on any atom is -0.508 e. The lowest BCUT2D eigenvalue weighted by atomic mass is 10.1. The largest absolute Gasteiger partial charge is 0.508 e. The molecule has 15 heavy (non-hydrogen) atoms. The van der Waals surface area contributed by atoms with Crippen molar-refractivity contribution in [2.24, 2.45) is 7.05 Å². The van der Waals surface area contributed by atoms with Crippen LogP contribution in [0.2, 0.25) is 0 Å². The highest BCUT2D eigenvalue weighted by Crippen LogP contribution is 2.23. The molecule has 3 heteroatoms. The summed E-state index contributed by atoms with van der Waals surface area (Å²) >= 11 is 0. The van der Waals surface area contributed by atoms with Crippen LogP contribution < -0.4 is 0 Å². The molecule has 3 nitrogen and oxygen atoms in total. The summed E-state index contributed by atoms with van der Waals surface area (Å²) in [6.07, 6.45) is 2.99. The lowest BCUT2D eigenvalue weighted by Gasteiger charge is -1.99. The maximum atomic E-state index is 9.21. The number of phenols is 1. The van der Waals surface area contributed by atoms with Gasteiger partial charge in [0.15, 0.2) is 0 Å². The molecule has 0 spiro atoms. The highest BCUT2D eigenvalue weighted by Gasteiger charge is 2.07. The van der Waals surface area contributed by atoms with Gasteiger partial charge in [0.05, 0.1) is 5.69 Å². The van der Waals surface area contributed by atoms with E-state index in [0.29, 0.717) is 0 Å². The van der Waals surface area contributed by atoms with E-state index in [1.54, 1.807) is 12.1 Å². The molecule has 2 aromatic rings. The molecule has 1 aromatic heterocycles. The molecule has 0 aliphatic rings. The Balaban J connectivity index is 2.48. The summed E-state index contributed by atoms with van der Waals surface area (Å²) in [7, 11) is 1.92. The number of hydrogen-bond acceptors (Lipinski definition) is 2. The summed E-state index contributed by atoms with van der Waals surface area (Å²) in [6, 6.07) is 7.14. The zero-order valence-electron chi connectivity index (χ0n) is 8.94. The van der Waals surface area contributed by atoms with E-state index in [1.807, 2.05) is 30.1 Å². The van der Waals surface area contributed by atoms with Crippen LogP contribution in [-0.4, -0.2) is 14.9 Å². The monoisotopic (exact) mass is 202 g/mol. The molecule has 0 amide bonds. The van der Waals surface area contributed by atoms with Gasteiger partial charge in [-0.1, -0.05) is 6.92 Å². The molecule has 2 rings (SSSR count). The van der Waals surface area contributed by atoms with Crippen molar-refractivity contribution in [3.63, 3.8) is 0 Å². The molecule has 0 fully saturated rings. The molecule has 0 unspecified atom stereocenters. The average molecular weight is 202 g/mol. The van der Waals surface area contributed by atoms with Gasteiger partial charge in [0.1, 0.15) is 5.75 Å². The first-order valence-corrected chi connectivity index (χ1v) is 5.02. The number of hydrogen-bond donors (Lipinski definition) is 1. The van der Waals surface area contributed by atoms with Crippen LogP contribution in [0.1, 0.15) is 12.5 Å². The Morgan fingerprint density at radius 3 is 2.53 bits per heavy atom. The number of benzene rings is 1. The molecule has 0 atom stereocenters. The van der Waals surface area contributed by atoms with Crippen molar-refractivity contribution in [2.75, 3.05) is 0 Å². The van der Waals surface area contributed by atoms with Gasteiger partial charge < -0.3 is 5.11 Å². The highest BCUT2D eigenvalue weighted by molar-refractivity contribution is 5.63. The second kappa shape index (κ2) is 3.77. The second-order valence-electron chi connectivity index (χ2n) is 3.58. The fourth-order valence-electron chi connectivity index (χ4n) is 1.66. The van der Waals surface area contributed by atoms with Crippen LogP contribution in [-0.2, 0) is 13.5 Å². The van der Waals surface area contributed by atoms with E-state index < -0.39 is 0 Å². The van der Waals surface area contributed by atoms with Crippen LogP contribution in [0.25, 0.3) is 11.3 Å². The Bertz CT molecular complexity index is 457. The second-order valence-corrected chi connectivity index (χ2v) is 3.58. The predicted molar refractivity (Wildman–Crippen MR) is 59.7 cm³/mol. The van der Waals surface area contributed by atoms with Gasteiger partial charge in [-0.15, -0.1) is 0 Å². The van der Waals surface area contributed by atoms with E-state index >= 15 is 0 Å². The standard InChI is InChI=1S/C12H14N2O/c1-3-9-8-14(2)13-12(9)10-4-6-11(15)7-5-10/h4-8,15H,3H2,1-2H3. The summed E-state index contributed by atoms with van der Waals surface area (Å²) < 4.78 is 1.82. The van der Waals surface area contributed by atoms with Crippen molar-refractivity contribution in [1.29, 1.82) is 0 Å². The smallest absolute Gasteiger partial charge is 0.115 e. The predicted octanol–water partition coefficient (Wildman–Crippen LogP) is 2.36. The lowest BCUT2D eigenvalue weighted by Crippen LogP contribution is -1.87. The molecule has 1 aromatic carbocycles. The normalized spacial score (nSPS) is 10.5. The highest BCUT2D eigenvalue weighted by atomic mass is 16.3. The van der Waals surface area contributed by atoms with Crippen LogP contribution >= 0.6 is 0 Å². The molecular formula is C12H14N2O.